The highest BCUT2D eigenvalue weighted by Crippen LogP contribution is 2.38. The maximum atomic E-state index is 10.0. The van der Waals surface area contributed by atoms with Gasteiger partial charge in [0.2, 0.25) is 0 Å². The molecule has 3 N–H and O–H groups in total. The third kappa shape index (κ3) is 2.93. The number of aliphatic hydroxyl groups excluding tert-OH is 1. The van der Waals surface area contributed by atoms with Gasteiger partial charge in [0.25, 0.3) is 0 Å². The molecule has 78 valence electrons. The molecule has 0 spiro atoms. The van der Waals surface area contributed by atoms with E-state index in [1.165, 1.54) is 6.42 Å². The fourth-order valence-corrected chi connectivity index (χ4v) is 1.98. The molecule has 0 radical (unpaired) electrons. The third-order valence-corrected chi connectivity index (χ3v) is 3.07. The van der Waals surface area contributed by atoms with Crippen LogP contribution in [0.4, 0.5) is 0 Å². The third-order valence-electron chi connectivity index (χ3n) is 3.07. The molecule has 0 heterocycles. The Morgan fingerprint density at radius 2 is 2.15 bits per heavy atom. The number of hydrogen-bond donors (Lipinski definition) is 3. The van der Waals surface area contributed by atoms with E-state index in [-0.39, 0.29) is 0 Å². The summed E-state index contributed by atoms with van der Waals surface area (Å²) in [6, 6.07) is 0. The van der Waals surface area contributed by atoms with Gasteiger partial charge in [0.05, 0.1) is 11.7 Å². The van der Waals surface area contributed by atoms with E-state index in [0.29, 0.717) is 18.9 Å². The molecule has 0 aromatic rings. The van der Waals surface area contributed by atoms with E-state index < -0.39 is 11.7 Å². The van der Waals surface area contributed by atoms with Crippen LogP contribution in [0.5, 0.6) is 0 Å². The molecular weight excluding hydrogens is 166 g/mol. The summed E-state index contributed by atoms with van der Waals surface area (Å²) < 4.78 is 0. The van der Waals surface area contributed by atoms with Gasteiger partial charge in [0.15, 0.2) is 0 Å². The van der Waals surface area contributed by atoms with Crippen LogP contribution in [0.15, 0.2) is 0 Å². The van der Waals surface area contributed by atoms with Crippen molar-refractivity contribution in [2.24, 2.45) is 5.92 Å². The lowest BCUT2D eigenvalue weighted by atomic mass is 9.71. The van der Waals surface area contributed by atoms with Crippen LogP contribution in [0, 0.1) is 5.92 Å². The molecule has 1 aliphatic rings. The van der Waals surface area contributed by atoms with Gasteiger partial charge in [-0.3, -0.25) is 0 Å². The van der Waals surface area contributed by atoms with E-state index in [2.05, 4.69) is 5.32 Å². The molecular formula is C10H21NO2. The molecule has 0 unspecified atom stereocenters. The van der Waals surface area contributed by atoms with Gasteiger partial charge < -0.3 is 15.5 Å². The van der Waals surface area contributed by atoms with Gasteiger partial charge in [0, 0.05) is 13.0 Å². The second kappa shape index (κ2) is 4.40. The van der Waals surface area contributed by atoms with Crippen molar-refractivity contribution in [3.8, 4) is 0 Å². The van der Waals surface area contributed by atoms with E-state index in [0.717, 1.165) is 12.8 Å². The average Bonchev–Trinajstić information content (AvgIpc) is 1.79. The van der Waals surface area contributed by atoms with Gasteiger partial charge >= 0.3 is 0 Å². The van der Waals surface area contributed by atoms with Gasteiger partial charge in [-0.1, -0.05) is 6.42 Å². The van der Waals surface area contributed by atoms with Crippen LogP contribution in [0.2, 0.25) is 0 Å². The molecule has 0 aromatic heterocycles. The van der Waals surface area contributed by atoms with Gasteiger partial charge in [0.1, 0.15) is 0 Å². The Kier molecular flexibility index (Phi) is 3.71. The molecule has 13 heavy (non-hydrogen) atoms. The number of likely N-dealkylation sites (N-methyl/N-ethyl adjacent to an activating group) is 1. The van der Waals surface area contributed by atoms with Crippen molar-refractivity contribution in [3.05, 3.63) is 0 Å². The minimum absolute atomic E-state index is 0.402. The number of nitrogens with one attached hydrogen (secondary N) is 1. The minimum atomic E-state index is -0.672. The molecule has 3 nitrogen and oxygen atoms in total. The molecule has 0 saturated heterocycles. The summed E-state index contributed by atoms with van der Waals surface area (Å²) in [6.07, 6.45) is 3.50. The maximum Gasteiger partial charge on any atom is 0.0691 e. The van der Waals surface area contributed by atoms with E-state index >= 15 is 0 Å². The second-order valence-corrected chi connectivity index (χ2v) is 4.40. The highest BCUT2D eigenvalue weighted by Gasteiger charge is 2.37. The lowest BCUT2D eigenvalue weighted by Crippen LogP contribution is -2.43. The smallest absolute Gasteiger partial charge is 0.0691 e. The van der Waals surface area contributed by atoms with E-state index in [1.807, 2.05) is 6.92 Å². The molecule has 0 aromatic carbocycles. The molecule has 2 atom stereocenters. The zero-order chi connectivity index (χ0) is 9.90. The quantitative estimate of drug-likeness (QED) is 0.588. The Hall–Kier alpha value is -0.120. The maximum absolute atomic E-state index is 10.0. The summed E-state index contributed by atoms with van der Waals surface area (Å²) in [5.41, 5.74) is -0.672. The predicted molar refractivity (Wildman–Crippen MR) is 52.5 cm³/mol. The first-order valence-corrected chi connectivity index (χ1v) is 5.11. The highest BCUT2D eigenvalue weighted by atomic mass is 16.3. The van der Waals surface area contributed by atoms with Crippen molar-refractivity contribution in [2.45, 2.75) is 44.3 Å². The summed E-state index contributed by atoms with van der Waals surface area (Å²) in [4.78, 5) is 0. The van der Waals surface area contributed by atoms with Gasteiger partial charge in [-0.05, 0) is 32.7 Å². The van der Waals surface area contributed by atoms with Crippen molar-refractivity contribution in [2.75, 3.05) is 13.6 Å². The number of rotatable bonds is 5. The SMILES string of the molecule is CNC[C@@H](O)C[C@@](C)(O)C1CCC1. The zero-order valence-electron chi connectivity index (χ0n) is 8.58. The van der Waals surface area contributed by atoms with Crippen LogP contribution in [-0.4, -0.2) is 35.5 Å². The Morgan fingerprint density at radius 3 is 2.54 bits per heavy atom. The molecule has 3 heteroatoms. The van der Waals surface area contributed by atoms with Crippen molar-refractivity contribution >= 4 is 0 Å². The monoisotopic (exact) mass is 187 g/mol. The summed E-state index contributed by atoms with van der Waals surface area (Å²) in [5, 5.41) is 22.5. The highest BCUT2D eigenvalue weighted by molar-refractivity contribution is 4.89. The van der Waals surface area contributed by atoms with Gasteiger partial charge in [-0.2, -0.15) is 0 Å². The van der Waals surface area contributed by atoms with Gasteiger partial charge in [-0.15, -0.1) is 0 Å². The predicted octanol–water partition coefficient (Wildman–Crippen LogP) is 0.508. The van der Waals surface area contributed by atoms with Crippen LogP contribution in [0.25, 0.3) is 0 Å². The Bertz CT molecular complexity index is 155. The molecule has 0 aliphatic heterocycles. The van der Waals surface area contributed by atoms with Crippen LogP contribution in [0.3, 0.4) is 0 Å². The van der Waals surface area contributed by atoms with Crippen LogP contribution in [0.1, 0.15) is 32.6 Å². The molecule has 1 fully saturated rings. The lowest BCUT2D eigenvalue weighted by molar-refractivity contribution is -0.0663. The fraction of sp³-hybridized carbons (Fsp3) is 1.00. The minimum Gasteiger partial charge on any atom is -0.392 e. The second-order valence-electron chi connectivity index (χ2n) is 4.40. The summed E-state index contributed by atoms with van der Waals surface area (Å²) in [5.74, 6) is 0.402. The van der Waals surface area contributed by atoms with Crippen LogP contribution >= 0.6 is 0 Å². The number of aliphatic hydroxyl groups is 2. The van der Waals surface area contributed by atoms with E-state index in [1.54, 1.807) is 7.05 Å². The van der Waals surface area contributed by atoms with Crippen LogP contribution in [-0.2, 0) is 0 Å². The largest absolute Gasteiger partial charge is 0.392 e. The average molecular weight is 187 g/mol. The normalized spacial score (nSPS) is 24.9. The molecule has 0 amide bonds. The molecule has 1 saturated carbocycles. The summed E-state index contributed by atoms with van der Waals surface area (Å²) in [6.45, 7) is 2.40. The molecule has 0 bridgehead atoms. The first-order valence-electron chi connectivity index (χ1n) is 5.11. The van der Waals surface area contributed by atoms with Crippen molar-refractivity contribution in [3.63, 3.8) is 0 Å². The van der Waals surface area contributed by atoms with Crippen molar-refractivity contribution in [1.82, 2.24) is 5.32 Å². The van der Waals surface area contributed by atoms with Crippen molar-refractivity contribution in [1.29, 1.82) is 0 Å². The van der Waals surface area contributed by atoms with Crippen LogP contribution < -0.4 is 5.32 Å². The first-order chi connectivity index (χ1) is 6.06. The Balaban J connectivity index is 2.31. The topological polar surface area (TPSA) is 52.5 Å². The van der Waals surface area contributed by atoms with Crippen molar-refractivity contribution < 1.29 is 10.2 Å². The molecule has 1 rings (SSSR count). The Labute approximate surface area is 80.2 Å². The Morgan fingerprint density at radius 1 is 1.54 bits per heavy atom. The lowest BCUT2D eigenvalue weighted by Gasteiger charge is -2.40. The van der Waals surface area contributed by atoms with E-state index in [4.69, 9.17) is 0 Å². The van der Waals surface area contributed by atoms with Gasteiger partial charge in [-0.25, -0.2) is 0 Å². The zero-order valence-corrected chi connectivity index (χ0v) is 8.58. The van der Waals surface area contributed by atoms with E-state index in [9.17, 15) is 10.2 Å². The summed E-state index contributed by atoms with van der Waals surface area (Å²) >= 11 is 0. The standard InChI is InChI=1S/C10H21NO2/c1-10(13,8-4-3-5-8)6-9(12)7-11-2/h8-9,11-13H,3-7H2,1-2H3/t9-,10+/m0/s1. The fourth-order valence-electron chi connectivity index (χ4n) is 1.98. The summed E-state index contributed by atoms with van der Waals surface area (Å²) in [7, 11) is 1.81. The first kappa shape index (κ1) is 11.0. The molecule has 1 aliphatic carbocycles. The number of hydrogen-bond acceptors (Lipinski definition) is 3.